The van der Waals surface area contributed by atoms with Gasteiger partial charge in [-0.25, -0.2) is 4.98 Å². The molecular formula is C16H25N3OS. The highest BCUT2D eigenvalue weighted by atomic mass is 32.1. The Balaban J connectivity index is 1.42. The van der Waals surface area contributed by atoms with Gasteiger partial charge in [-0.1, -0.05) is 13.8 Å². The van der Waals surface area contributed by atoms with E-state index in [4.69, 9.17) is 0 Å². The summed E-state index contributed by atoms with van der Waals surface area (Å²) in [6.45, 7) is 7.18. The maximum atomic E-state index is 12.2. The summed E-state index contributed by atoms with van der Waals surface area (Å²) in [6, 6.07) is 0. The normalized spacial score (nSPS) is 23.5. The van der Waals surface area contributed by atoms with Crippen LogP contribution >= 0.6 is 11.3 Å². The number of piperidine rings is 1. The molecule has 2 fully saturated rings. The van der Waals surface area contributed by atoms with Crippen LogP contribution in [-0.4, -0.2) is 30.5 Å². The molecule has 1 aromatic heterocycles. The second-order valence-corrected chi connectivity index (χ2v) is 7.63. The van der Waals surface area contributed by atoms with Gasteiger partial charge in [0.25, 0.3) is 0 Å². The van der Waals surface area contributed by atoms with E-state index in [0.29, 0.717) is 17.9 Å². The van der Waals surface area contributed by atoms with E-state index in [-0.39, 0.29) is 11.8 Å². The van der Waals surface area contributed by atoms with Crippen molar-refractivity contribution in [3.8, 4) is 0 Å². The van der Waals surface area contributed by atoms with Crippen LogP contribution in [-0.2, 0) is 11.2 Å². The van der Waals surface area contributed by atoms with Crippen molar-refractivity contribution in [2.45, 2.75) is 45.4 Å². The molecule has 4 nitrogen and oxygen atoms in total. The van der Waals surface area contributed by atoms with Crippen molar-refractivity contribution in [1.82, 2.24) is 15.6 Å². The Morgan fingerprint density at radius 2 is 2.29 bits per heavy atom. The highest BCUT2D eigenvalue weighted by molar-refractivity contribution is 7.09. The van der Waals surface area contributed by atoms with Gasteiger partial charge in [-0.15, -0.1) is 11.3 Å². The molecule has 0 aromatic carbocycles. The number of carbonyl (C=O) groups excluding carboxylic acids is 1. The monoisotopic (exact) mass is 307 g/mol. The zero-order valence-electron chi connectivity index (χ0n) is 12.9. The molecule has 116 valence electrons. The molecule has 1 saturated heterocycles. The van der Waals surface area contributed by atoms with Crippen molar-refractivity contribution in [2.75, 3.05) is 19.6 Å². The second kappa shape index (κ2) is 6.05. The molecule has 3 rings (SSSR count). The van der Waals surface area contributed by atoms with Crippen LogP contribution in [0.5, 0.6) is 0 Å². The largest absolute Gasteiger partial charge is 0.355 e. The van der Waals surface area contributed by atoms with E-state index in [2.05, 4.69) is 34.8 Å². The molecule has 1 spiro atoms. The molecule has 1 saturated carbocycles. The van der Waals surface area contributed by atoms with Crippen LogP contribution in [0, 0.1) is 11.3 Å². The molecule has 2 heterocycles. The predicted octanol–water partition coefficient (Wildman–Crippen LogP) is 2.31. The standard InChI is InChI=1S/C16H25N3OS/c1-11(2)15-19-12(10-21-15)3-6-18-14(20)13-9-16(13)4-7-17-8-5-16/h10-11,13,17H,3-9H2,1-2H3,(H,18,20). The lowest BCUT2D eigenvalue weighted by molar-refractivity contribution is -0.123. The van der Waals surface area contributed by atoms with Crippen LogP contribution in [0.25, 0.3) is 0 Å². The maximum absolute atomic E-state index is 12.2. The predicted molar refractivity (Wildman–Crippen MR) is 85.6 cm³/mol. The lowest BCUT2D eigenvalue weighted by Gasteiger charge is -2.23. The third kappa shape index (κ3) is 3.29. The molecule has 5 heteroatoms. The number of hydrogen-bond acceptors (Lipinski definition) is 4. The quantitative estimate of drug-likeness (QED) is 0.878. The number of nitrogens with one attached hydrogen (secondary N) is 2. The second-order valence-electron chi connectivity index (χ2n) is 6.74. The van der Waals surface area contributed by atoms with Gasteiger partial charge in [0.05, 0.1) is 10.7 Å². The van der Waals surface area contributed by atoms with E-state index in [1.807, 2.05) is 0 Å². The van der Waals surface area contributed by atoms with Crippen LogP contribution in [0.1, 0.15) is 49.7 Å². The van der Waals surface area contributed by atoms with Crippen LogP contribution in [0.4, 0.5) is 0 Å². The number of rotatable bonds is 5. The number of aromatic nitrogens is 1. The van der Waals surface area contributed by atoms with Crippen LogP contribution in [0.15, 0.2) is 5.38 Å². The summed E-state index contributed by atoms with van der Waals surface area (Å²) >= 11 is 1.72. The molecule has 21 heavy (non-hydrogen) atoms. The highest BCUT2D eigenvalue weighted by Gasteiger charge is 2.57. The Bertz CT molecular complexity index is 505. The van der Waals surface area contributed by atoms with Crippen LogP contribution in [0.3, 0.4) is 0 Å². The Labute approximate surface area is 130 Å². The van der Waals surface area contributed by atoms with Crippen LogP contribution < -0.4 is 10.6 Å². The fourth-order valence-electron chi connectivity index (χ4n) is 3.34. The Morgan fingerprint density at radius 1 is 1.52 bits per heavy atom. The first-order valence-corrected chi connectivity index (χ1v) is 8.91. The van der Waals surface area contributed by atoms with E-state index in [0.717, 1.165) is 44.5 Å². The topological polar surface area (TPSA) is 54.0 Å². The minimum atomic E-state index is 0.260. The van der Waals surface area contributed by atoms with E-state index in [1.165, 1.54) is 5.01 Å². The summed E-state index contributed by atoms with van der Waals surface area (Å²) in [7, 11) is 0. The zero-order valence-corrected chi connectivity index (χ0v) is 13.8. The molecule has 1 unspecified atom stereocenters. The summed E-state index contributed by atoms with van der Waals surface area (Å²) in [4.78, 5) is 16.8. The van der Waals surface area contributed by atoms with E-state index in [9.17, 15) is 4.79 Å². The Morgan fingerprint density at radius 3 is 2.95 bits per heavy atom. The average Bonchev–Trinajstić information content (AvgIpc) is 2.95. The molecule has 1 amide bonds. The molecule has 1 atom stereocenters. The van der Waals surface area contributed by atoms with E-state index < -0.39 is 0 Å². The fourth-order valence-corrected chi connectivity index (χ4v) is 4.20. The first-order chi connectivity index (χ1) is 10.1. The first kappa shape index (κ1) is 15.0. The van der Waals surface area contributed by atoms with Gasteiger partial charge in [-0.3, -0.25) is 4.79 Å². The number of carbonyl (C=O) groups is 1. The third-order valence-corrected chi connectivity index (χ3v) is 6.04. The number of hydrogen-bond donors (Lipinski definition) is 2. The van der Waals surface area contributed by atoms with Crippen LogP contribution in [0.2, 0.25) is 0 Å². The minimum Gasteiger partial charge on any atom is -0.355 e. The Kier molecular flexibility index (Phi) is 4.31. The van der Waals surface area contributed by atoms with Gasteiger partial charge in [0.15, 0.2) is 0 Å². The molecule has 2 N–H and O–H groups in total. The molecule has 2 aliphatic rings. The molecule has 1 aromatic rings. The molecular weight excluding hydrogens is 282 g/mol. The summed E-state index contributed by atoms with van der Waals surface area (Å²) in [5.41, 5.74) is 1.44. The SMILES string of the molecule is CC(C)c1nc(CCNC(=O)C2CC23CCNCC3)cs1. The van der Waals surface area contributed by atoms with Gasteiger partial charge >= 0.3 is 0 Å². The third-order valence-electron chi connectivity index (χ3n) is 4.85. The molecule has 1 aliphatic carbocycles. The van der Waals surface area contributed by atoms with Gasteiger partial charge in [0, 0.05) is 30.2 Å². The molecule has 1 aliphatic heterocycles. The smallest absolute Gasteiger partial charge is 0.223 e. The van der Waals surface area contributed by atoms with E-state index in [1.54, 1.807) is 11.3 Å². The number of nitrogens with zero attached hydrogens (tertiary/aromatic N) is 1. The number of amides is 1. The fraction of sp³-hybridized carbons (Fsp3) is 0.750. The lowest BCUT2D eigenvalue weighted by Crippen LogP contribution is -2.34. The summed E-state index contributed by atoms with van der Waals surface area (Å²) in [5.74, 6) is 1.02. The summed E-state index contributed by atoms with van der Waals surface area (Å²) in [5, 5.41) is 9.79. The van der Waals surface area contributed by atoms with Crippen molar-refractivity contribution >= 4 is 17.2 Å². The lowest BCUT2D eigenvalue weighted by atomic mass is 9.92. The number of thiazole rings is 1. The van der Waals surface area contributed by atoms with Gasteiger partial charge in [-0.2, -0.15) is 0 Å². The summed E-state index contributed by atoms with van der Waals surface area (Å²) < 4.78 is 0. The zero-order chi connectivity index (χ0) is 14.9. The van der Waals surface area contributed by atoms with Gasteiger partial charge in [-0.05, 0) is 37.8 Å². The maximum Gasteiger partial charge on any atom is 0.223 e. The van der Waals surface area contributed by atoms with Crippen molar-refractivity contribution in [3.63, 3.8) is 0 Å². The van der Waals surface area contributed by atoms with Gasteiger partial charge < -0.3 is 10.6 Å². The van der Waals surface area contributed by atoms with Crippen molar-refractivity contribution in [1.29, 1.82) is 0 Å². The van der Waals surface area contributed by atoms with Gasteiger partial charge in [0.2, 0.25) is 5.91 Å². The average molecular weight is 307 g/mol. The van der Waals surface area contributed by atoms with Crippen molar-refractivity contribution < 1.29 is 4.79 Å². The summed E-state index contributed by atoms with van der Waals surface area (Å²) in [6.07, 6.45) is 4.26. The molecule has 0 radical (unpaired) electrons. The first-order valence-electron chi connectivity index (χ1n) is 8.03. The Hall–Kier alpha value is -0.940. The van der Waals surface area contributed by atoms with E-state index >= 15 is 0 Å². The molecule has 0 bridgehead atoms. The van der Waals surface area contributed by atoms with Crippen molar-refractivity contribution in [3.05, 3.63) is 16.1 Å². The van der Waals surface area contributed by atoms with Gasteiger partial charge in [0.1, 0.15) is 0 Å². The highest BCUT2D eigenvalue weighted by Crippen LogP contribution is 2.58. The van der Waals surface area contributed by atoms with Crippen molar-refractivity contribution in [2.24, 2.45) is 11.3 Å². The minimum absolute atomic E-state index is 0.260.